The third kappa shape index (κ3) is 4.65. The second-order valence-electron chi connectivity index (χ2n) is 6.81. The Kier molecular flexibility index (Phi) is 6.47. The normalized spacial score (nSPS) is 15.7. The zero-order valence-corrected chi connectivity index (χ0v) is 17.6. The minimum Gasteiger partial charge on any atom is -0.493 e. The minimum absolute atomic E-state index is 0.0726. The van der Waals surface area contributed by atoms with Crippen molar-refractivity contribution in [2.24, 2.45) is 5.92 Å². The number of anilines is 3. The molecule has 0 radical (unpaired) electrons. The van der Waals surface area contributed by atoms with Crippen LogP contribution in [0, 0.1) is 5.92 Å². The van der Waals surface area contributed by atoms with Gasteiger partial charge in [0, 0.05) is 37.3 Å². The van der Waals surface area contributed by atoms with Crippen LogP contribution in [-0.2, 0) is 14.4 Å². The Bertz CT molecular complexity index is 995. The van der Waals surface area contributed by atoms with Gasteiger partial charge in [-0.15, -0.1) is 0 Å². The molecule has 0 aliphatic carbocycles. The minimum atomic E-state index is -0.550. The third-order valence-electron chi connectivity index (χ3n) is 4.72. The molecule has 8 nitrogen and oxygen atoms in total. The highest BCUT2D eigenvalue weighted by Crippen LogP contribution is 2.34. The first-order valence-electron chi connectivity index (χ1n) is 9.22. The lowest BCUT2D eigenvalue weighted by molar-refractivity contribution is -0.122. The van der Waals surface area contributed by atoms with Crippen molar-refractivity contribution in [1.29, 1.82) is 0 Å². The average molecular weight is 432 g/mol. The summed E-state index contributed by atoms with van der Waals surface area (Å²) >= 11 is 6.17. The fourth-order valence-corrected chi connectivity index (χ4v) is 3.43. The number of carbonyl (C=O) groups excluding carboxylic acids is 3. The molecule has 0 saturated carbocycles. The van der Waals surface area contributed by atoms with Crippen molar-refractivity contribution in [2.75, 3.05) is 36.3 Å². The largest absolute Gasteiger partial charge is 0.493 e. The molecule has 2 aromatic rings. The molecule has 9 heteroatoms. The lowest BCUT2D eigenvalue weighted by atomic mass is 10.1. The highest BCUT2D eigenvalue weighted by Gasteiger charge is 2.35. The van der Waals surface area contributed by atoms with Crippen LogP contribution in [0.15, 0.2) is 36.4 Å². The summed E-state index contributed by atoms with van der Waals surface area (Å²) in [5.74, 6) is -0.227. The molecular formula is C21H22ClN3O5. The number of nitrogens with one attached hydrogen (secondary N) is 2. The van der Waals surface area contributed by atoms with Gasteiger partial charge in [0.05, 0.1) is 30.8 Å². The Hall–Kier alpha value is -3.26. The Morgan fingerprint density at radius 2 is 1.80 bits per heavy atom. The van der Waals surface area contributed by atoms with E-state index in [0.717, 1.165) is 0 Å². The van der Waals surface area contributed by atoms with Crippen LogP contribution < -0.4 is 25.0 Å². The van der Waals surface area contributed by atoms with Crippen LogP contribution in [-0.4, -0.2) is 38.5 Å². The Morgan fingerprint density at radius 3 is 2.47 bits per heavy atom. The van der Waals surface area contributed by atoms with E-state index in [2.05, 4.69) is 10.6 Å². The lowest BCUT2D eigenvalue weighted by Crippen LogP contribution is -2.28. The molecule has 1 unspecified atom stereocenters. The molecule has 3 rings (SSSR count). The zero-order chi connectivity index (χ0) is 21.8. The lowest BCUT2D eigenvalue weighted by Gasteiger charge is -2.19. The van der Waals surface area contributed by atoms with Crippen LogP contribution in [0.1, 0.15) is 13.3 Å². The quantitative estimate of drug-likeness (QED) is 0.731. The van der Waals surface area contributed by atoms with Gasteiger partial charge in [-0.2, -0.15) is 0 Å². The number of hydrogen-bond acceptors (Lipinski definition) is 5. The van der Waals surface area contributed by atoms with Crippen LogP contribution in [0.25, 0.3) is 0 Å². The first kappa shape index (κ1) is 21.4. The van der Waals surface area contributed by atoms with Crippen molar-refractivity contribution in [3.63, 3.8) is 0 Å². The molecule has 2 N–H and O–H groups in total. The van der Waals surface area contributed by atoms with Gasteiger partial charge in [0.15, 0.2) is 11.5 Å². The van der Waals surface area contributed by atoms with Crippen LogP contribution in [0.4, 0.5) is 17.1 Å². The predicted octanol–water partition coefficient (Wildman–Crippen LogP) is 3.31. The molecule has 0 aromatic heterocycles. The highest BCUT2D eigenvalue weighted by atomic mass is 35.5. The van der Waals surface area contributed by atoms with Gasteiger partial charge in [-0.3, -0.25) is 14.4 Å². The maximum absolute atomic E-state index is 12.8. The summed E-state index contributed by atoms with van der Waals surface area (Å²) in [4.78, 5) is 38.1. The van der Waals surface area contributed by atoms with E-state index in [1.807, 2.05) is 0 Å². The topological polar surface area (TPSA) is 97.0 Å². The number of amides is 3. The summed E-state index contributed by atoms with van der Waals surface area (Å²) in [5.41, 5.74) is 1.50. The van der Waals surface area contributed by atoms with Crippen molar-refractivity contribution in [2.45, 2.75) is 13.3 Å². The van der Waals surface area contributed by atoms with E-state index in [-0.39, 0.29) is 30.7 Å². The number of rotatable bonds is 6. The van der Waals surface area contributed by atoms with E-state index in [4.69, 9.17) is 21.1 Å². The van der Waals surface area contributed by atoms with Crippen LogP contribution in [0.3, 0.4) is 0 Å². The van der Waals surface area contributed by atoms with Crippen molar-refractivity contribution in [3.05, 3.63) is 41.4 Å². The standard InChI is InChI=1S/C21H22ClN3O5/c1-12(26)23-14-4-6-16(22)17(9-14)24-21(28)13-8-20(27)25(11-13)15-5-7-18(29-2)19(10-15)30-3/h4-7,9-10,13H,8,11H2,1-3H3,(H,23,26)(H,24,28). The number of carbonyl (C=O) groups is 3. The van der Waals surface area contributed by atoms with Crippen molar-refractivity contribution < 1.29 is 23.9 Å². The number of ether oxygens (including phenoxy) is 2. The van der Waals surface area contributed by atoms with Gasteiger partial charge in [-0.25, -0.2) is 0 Å². The summed E-state index contributed by atoms with van der Waals surface area (Å²) in [6.45, 7) is 1.61. The van der Waals surface area contributed by atoms with Crippen molar-refractivity contribution in [3.8, 4) is 11.5 Å². The molecule has 158 valence electrons. The van der Waals surface area contributed by atoms with Crippen molar-refractivity contribution >= 4 is 46.4 Å². The number of nitrogens with zero attached hydrogens (tertiary/aromatic N) is 1. The maximum Gasteiger partial charge on any atom is 0.229 e. The van der Waals surface area contributed by atoms with Crippen LogP contribution >= 0.6 is 11.6 Å². The van der Waals surface area contributed by atoms with E-state index in [9.17, 15) is 14.4 Å². The van der Waals surface area contributed by atoms with E-state index >= 15 is 0 Å². The second-order valence-corrected chi connectivity index (χ2v) is 7.22. The molecule has 0 spiro atoms. The van der Waals surface area contributed by atoms with Gasteiger partial charge in [-0.05, 0) is 30.3 Å². The van der Waals surface area contributed by atoms with E-state index in [1.165, 1.54) is 21.1 Å². The molecule has 1 heterocycles. The summed E-state index contributed by atoms with van der Waals surface area (Å²) in [7, 11) is 3.05. The number of benzene rings is 2. The number of methoxy groups -OCH3 is 2. The van der Waals surface area contributed by atoms with E-state index < -0.39 is 5.92 Å². The van der Waals surface area contributed by atoms with Gasteiger partial charge < -0.3 is 25.0 Å². The smallest absolute Gasteiger partial charge is 0.229 e. The van der Waals surface area contributed by atoms with Gasteiger partial charge in [-0.1, -0.05) is 11.6 Å². The third-order valence-corrected chi connectivity index (χ3v) is 5.05. The molecule has 1 aliphatic heterocycles. The molecule has 1 atom stereocenters. The fourth-order valence-electron chi connectivity index (χ4n) is 3.26. The average Bonchev–Trinajstić information content (AvgIpc) is 3.11. The summed E-state index contributed by atoms with van der Waals surface area (Å²) < 4.78 is 10.5. The van der Waals surface area contributed by atoms with E-state index in [0.29, 0.717) is 33.6 Å². The molecule has 2 aromatic carbocycles. The molecule has 1 fully saturated rings. The van der Waals surface area contributed by atoms with Gasteiger partial charge in [0.2, 0.25) is 17.7 Å². The Labute approximate surface area is 179 Å². The second kappa shape index (κ2) is 9.04. The number of halogens is 1. The zero-order valence-electron chi connectivity index (χ0n) is 16.8. The molecule has 0 bridgehead atoms. The highest BCUT2D eigenvalue weighted by molar-refractivity contribution is 6.34. The first-order valence-corrected chi connectivity index (χ1v) is 9.60. The fraction of sp³-hybridized carbons (Fsp3) is 0.286. The molecular weight excluding hydrogens is 410 g/mol. The SMILES string of the molecule is COc1ccc(N2CC(C(=O)Nc3cc(NC(C)=O)ccc3Cl)CC2=O)cc1OC. The molecule has 1 saturated heterocycles. The summed E-state index contributed by atoms with van der Waals surface area (Å²) in [6.07, 6.45) is 0.0726. The number of hydrogen-bond donors (Lipinski definition) is 2. The van der Waals surface area contributed by atoms with Crippen molar-refractivity contribution in [1.82, 2.24) is 0 Å². The molecule has 30 heavy (non-hydrogen) atoms. The first-order chi connectivity index (χ1) is 14.3. The predicted molar refractivity (Wildman–Crippen MR) is 114 cm³/mol. The van der Waals surface area contributed by atoms with Gasteiger partial charge in [0.25, 0.3) is 0 Å². The van der Waals surface area contributed by atoms with Crippen LogP contribution in [0.5, 0.6) is 11.5 Å². The molecule has 1 aliphatic rings. The summed E-state index contributed by atoms with van der Waals surface area (Å²) in [5, 5.41) is 5.72. The maximum atomic E-state index is 12.8. The van der Waals surface area contributed by atoms with E-state index in [1.54, 1.807) is 41.3 Å². The Balaban J connectivity index is 1.73. The molecule has 3 amide bonds. The van der Waals surface area contributed by atoms with Crippen LogP contribution in [0.2, 0.25) is 5.02 Å². The monoisotopic (exact) mass is 431 g/mol. The Morgan fingerprint density at radius 1 is 1.07 bits per heavy atom. The van der Waals surface area contributed by atoms with Gasteiger partial charge in [0.1, 0.15) is 0 Å². The summed E-state index contributed by atoms with van der Waals surface area (Å²) in [6, 6.07) is 9.94. The van der Waals surface area contributed by atoms with Gasteiger partial charge >= 0.3 is 0 Å².